The lowest BCUT2D eigenvalue weighted by atomic mass is 9.91. The van der Waals surface area contributed by atoms with Gasteiger partial charge in [0.1, 0.15) is 0 Å². The maximum atomic E-state index is 12.5. The van der Waals surface area contributed by atoms with E-state index in [0.29, 0.717) is 25.0 Å². The van der Waals surface area contributed by atoms with Crippen LogP contribution in [0.5, 0.6) is 0 Å². The van der Waals surface area contributed by atoms with Gasteiger partial charge >= 0.3 is 0 Å². The Kier molecular flexibility index (Phi) is 5.13. The van der Waals surface area contributed by atoms with Crippen LogP contribution >= 0.6 is 11.8 Å². The molecule has 1 atom stereocenters. The summed E-state index contributed by atoms with van der Waals surface area (Å²) in [5.41, 5.74) is 2.53. The largest absolute Gasteiger partial charge is 0.373 e. The first-order valence-electron chi connectivity index (χ1n) is 9.33. The summed E-state index contributed by atoms with van der Waals surface area (Å²) >= 11 is 2.00. The second-order valence-electron chi connectivity index (χ2n) is 7.52. The number of amides is 1. The molecule has 1 aromatic rings. The van der Waals surface area contributed by atoms with Crippen LogP contribution in [0.2, 0.25) is 0 Å². The zero-order chi connectivity index (χ0) is 17.1. The van der Waals surface area contributed by atoms with Crippen molar-refractivity contribution >= 4 is 17.7 Å². The topological polar surface area (TPSA) is 42.4 Å². The monoisotopic (exact) mass is 358 g/mol. The lowest BCUT2D eigenvalue weighted by molar-refractivity contribution is -0.136. The quantitative estimate of drug-likeness (QED) is 0.755. The minimum Gasteiger partial charge on any atom is -0.373 e. The molecular weight excluding hydrogens is 332 g/mol. The Bertz CT molecular complexity index is 640. The average molecular weight is 359 g/mol. The SMILES string of the molecule is O=C(CC1=CCCCC1)N1CC2(CC(OCc3ccncc3)CS2)C1. The Morgan fingerprint density at radius 2 is 2.16 bits per heavy atom. The summed E-state index contributed by atoms with van der Waals surface area (Å²) in [4.78, 5) is 18.5. The molecule has 2 aliphatic heterocycles. The van der Waals surface area contributed by atoms with Crippen LogP contribution in [-0.2, 0) is 16.1 Å². The molecule has 0 radical (unpaired) electrons. The van der Waals surface area contributed by atoms with E-state index < -0.39 is 0 Å². The van der Waals surface area contributed by atoms with Gasteiger partial charge in [0.15, 0.2) is 0 Å². The van der Waals surface area contributed by atoms with Crippen LogP contribution in [0.3, 0.4) is 0 Å². The van der Waals surface area contributed by atoms with Crippen LogP contribution < -0.4 is 0 Å². The summed E-state index contributed by atoms with van der Waals surface area (Å²) in [5.74, 6) is 1.36. The highest BCUT2D eigenvalue weighted by molar-refractivity contribution is 8.01. The highest BCUT2D eigenvalue weighted by atomic mass is 32.2. The van der Waals surface area contributed by atoms with E-state index in [1.54, 1.807) is 12.4 Å². The molecule has 0 saturated carbocycles. The van der Waals surface area contributed by atoms with Crippen molar-refractivity contribution in [2.75, 3.05) is 18.8 Å². The Morgan fingerprint density at radius 1 is 1.32 bits per heavy atom. The van der Waals surface area contributed by atoms with Gasteiger partial charge in [0, 0.05) is 37.7 Å². The number of rotatable bonds is 5. The van der Waals surface area contributed by atoms with Gasteiger partial charge in [0.2, 0.25) is 5.91 Å². The first kappa shape index (κ1) is 17.1. The Labute approximate surface area is 154 Å². The van der Waals surface area contributed by atoms with Crippen LogP contribution in [-0.4, -0.2) is 45.5 Å². The number of nitrogens with zero attached hydrogens (tertiary/aromatic N) is 2. The van der Waals surface area contributed by atoms with E-state index in [0.717, 1.165) is 38.1 Å². The van der Waals surface area contributed by atoms with E-state index in [2.05, 4.69) is 11.1 Å². The molecule has 4 nitrogen and oxygen atoms in total. The molecule has 1 aromatic heterocycles. The predicted molar refractivity (Wildman–Crippen MR) is 100 cm³/mol. The number of carbonyl (C=O) groups excluding carboxylic acids is 1. The smallest absolute Gasteiger partial charge is 0.226 e. The van der Waals surface area contributed by atoms with Crippen molar-refractivity contribution < 1.29 is 9.53 Å². The van der Waals surface area contributed by atoms with Gasteiger partial charge in [-0.15, -0.1) is 11.8 Å². The van der Waals surface area contributed by atoms with E-state index in [-0.39, 0.29) is 4.75 Å². The van der Waals surface area contributed by atoms with E-state index in [4.69, 9.17) is 4.74 Å². The molecule has 2 saturated heterocycles. The first-order chi connectivity index (χ1) is 12.2. The number of thioether (sulfide) groups is 1. The third kappa shape index (κ3) is 4.09. The lowest BCUT2D eigenvalue weighted by Crippen LogP contribution is -2.60. The second-order valence-corrected chi connectivity index (χ2v) is 9.01. The van der Waals surface area contributed by atoms with Crippen molar-refractivity contribution in [3.05, 3.63) is 41.7 Å². The number of hydrogen-bond acceptors (Lipinski definition) is 4. The molecule has 1 aliphatic carbocycles. The molecule has 2 fully saturated rings. The van der Waals surface area contributed by atoms with Crippen molar-refractivity contribution in [1.82, 2.24) is 9.88 Å². The fraction of sp³-hybridized carbons (Fsp3) is 0.600. The molecule has 0 N–H and O–H groups in total. The Balaban J connectivity index is 1.21. The van der Waals surface area contributed by atoms with Gasteiger partial charge < -0.3 is 9.64 Å². The summed E-state index contributed by atoms with van der Waals surface area (Å²) in [7, 11) is 0. The van der Waals surface area contributed by atoms with E-state index >= 15 is 0 Å². The van der Waals surface area contributed by atoms with Gasteiger partial charge in [-0.05, 0) is 49.8 Å². The molecule has 5 heteroatoms. The normalized spacial score (nSPS) is 24.9. The van der Waals surface area contributed by atoms with Crippen LogP contribution in [0.1, 0.15) is 44.1 Å². The number of hydrogen-bond donors (Lipinski definition) is 0. The fourth-order valence-electron chi connectivity index (χ4n) is 4.02. The average Bonchev–Trinajstić information content (AvgIpc) is 3.05. The molecule has 3 aliphatic rings. The first-order valence-corrected chi connectivity index (χ1v) is 10.3. The van der Waals surface area contributed by atoms with Crippen LogP contribution in [0.25, 0.3) is 0 Å². The molecule has 0 aromatic carbocycles. The van der Waals surface area contributed by atoms with Gasteiger partial charge in [-0.2, -0.15) is 0 Å². The van der Waals surface area contributed by atoms with Gasteiger partial charge in [0.05, 0.1) is 17.5 Å². The summed E-state index contributed by atoms with van der Waals surface area (Å²) in [6.45, 7) is 2.46. The van der Waals surface area contributed by atoms with E-state index in [1.165, 1.54) is 24.0 Å². The minimum absolute atomic E-state index is 0.250. The summed E-state index contributed by atoms with van der Waals surface area (Å²) < 4.78 is 6.33. The van der Waals surface area contributed by atoms with Crippen molar-refractivity contribution in [3.63, 3.8) is 0 Å². The van der Waals surface area contributed by atoms with Crippen molar-refractivity contribution in [2.45, 2.75) is 56.0 Å². The van der Waals surface area contributed by atoms with Gasteiger partial charge in [-0.1, -0.05) is 11.6 Å². The molecular formula is C20H26N2O2S. The number of ether oxygens (including phenoxy) is 1. The number of allylic oxidation sites excluding steroid dienone is 1. The minimum atomic E-state index is 0.250. The van der Waals surface area contributed by atoms with Gasteiger partial charge in [-0.3, -0.25) is 9.78 Å². The summed E-state index contributed by atoms with van der Waals surface area (Å²) in [6.07, 6.45) is 12.7. The molecule has 4 rings (SSSR count). The van der Waals surface area contributed by atoms with E-state index in [1.807, 2.05) is 28.8 Å². The number of aromatic nitrogens is 1. The van der Waals surface area contributed by atoms with Crippen LogP contribution in [0, 0.1) is 0 Å². The van der Waals surface area contributed by atoms with Crippen molar-refractivity contribution in [2.24, 2.45) is 0 Å². The summed E-state index contributed by atoms with van der Waals surface area (Å²) in [5, 5.41) is 0. The van der Waals surface area contributed by atoms with Gasteiger partial charge in [0.25, 0.3) is 0 Å². The zero-order valence-corrected chi connectivity index (χ0v) is 15.5. The van der Waals surface area contributed by atoms with Crippen LogP contribution in [0.15, 0.2) is 36.2 Å². The molecule has 25 heavy (non-hydrogen) atoms. The van der Waals surface area contributed by atoms with Crippen molar-refractivity contribution in [3.8, 4) is 0 Å². The number of likely N-dealkylation sites (tertiary alicyclic amines) is 1. The molecule has 3 heterocycles. The van der Waals surface area contributed by atoms with Gasteiger partial charge in [-0.25, -0.2) is 0 Å². The highest BCUT2D eigenvalue weighted by Gasteiger charge is 2.50. The zero-order valence-electron chi connectivity index (χ0n) is 14.7. The standard InChI is InChI=1S/C20H26N2O2S/c23-19(10-16-4-2-1-3-5-16)22-14-20(15-22)11-18(13-25-20)24-12-17-6-8-21-9-7-17/h4,6-9,18H,1-3,5,10-15H2. The fourth-order valence-corrected chi connectivity index (χ4v) is 5.57. The lowest BCUT2D eigenvalue weighted by Gasteiger charge is -2.47. The summed E-state index contributed by atoms with van der Waals surface area (Å²) in [6, 6.07) is 4.00. The highest BCUT2D eigenvalue weighted by Crippen LogP contribution is 2.46. The molecule has 1 amide bonds. The number of pyridine rings is 1. The predicted octanol–water partition coefficient (Wildman–Crippen LogP) is 3.58. The molecule has 1 spiro atoms. The maximum absolute atomic E-state index is 12.5. The Morgan fingerprint density at radius 3 is 2.92 bits per heavy atom. The molecule has 134 valence electrons. The Hall–Kier alpha value is -1.33. The van der Waals surface area contributed by atoms with E-state index in [9.17, 15) is 4.79 Å². The third-order valence-corrected chi connectivity index (χ3v) is 7.06. The second kappa shape index (κ2) is 7.50. The maximum Gasteiger partial charge on any atom is 0.226 e. The number of carbonyl (C=O) groups is 1. The third-order valence-electron chi connectivity index (χ3n) is 5.48. The molecule has 1 unspecified atom stereocenters. The van der Waals surface area contributed by atoms with Crippen molar-refractivity contribution in [1.29, 1.82) is 0 Å². The van der Waals surface area contributed by atoms with Crippen LogP contribution in [0.4, 0.5) is 0 Å². The molecule has 0 bridgehead atoms.